The molecule has 0 bridgehead atoms. The number of carbonyl (C=O) groups is 1. The van der Waals surface area contributed by atoms with E-state index in [2.05, 4.69) is 10.0 Å². The van der Waals surface area contributed by atoms with E-state index in [4.69, 9.17) is 0 Å². The first-order chi connectivity index (χ1) is 12.8. The van der Waals surface area contributed by atoms with Gasteiger partial charge in [0.15, 0.2) is 0 Å². The summed E-state index contributed by atoms with van der Waals surface area (Å²) in [6.45, 7) is 3.85. The summed E-state index contributed by atoms with van der Waals surface area (Å²) in [6, 6.07) is 14.6. The van der Waals surface area contributed by atoms with Crippen molar-refractivity contribution < 1.29 is 13.2 Å². The summed E-state index contributed by atoms with van der Waals surface area (Å²) in [6.07, 6.45) is 2.02. The Morgan fingerprint density at radius 2 is 1.78 bits per heavy atom. The molecule has 0 unspecified atom stereocenters. The van der Waals surface area contributed by atoms with Crippen molar-refractivity contribution in [3.05, 3.63) is 70.8 Å². The van der Waals surface area contributed by atoms with E-state index in [1.807, 2.05) is 36.6 Å². The van der Waals surface area contributed by atoms with Gasteiger partial charge in [0, 0.05) is 23.9 Å². The molecule has 146 valence electrons. The molecular weight excluding hydrogens is 380 g/mol. The molecule has 27 heavy (non-hydrogen) atoms. The molecule has 0 heterocycles. The second-order valence-electron chi connectivity index (χ2n) is 6.62. The smallest absolute Gasteiger partial charge is 0.251 e. The van der Waals surface area contributed by atoms with Crippen molar-refractivity contribution in [3.8, 4) is 0 Å². The Kier molecular flexibility index (Phi) is 7.89. The number of nitrogens with one attached hydrogen (secondary N) is 2. The molecule has 2 N–H and O–H groups in total. The molecule has 0 radical (unpaired) electrons. The van der Waals surface area contributed by atoms with Gasteiger partial charge >= 0.3 is 0 Å². The van der Waals surface area contributed by atoms with Gasteiger partial charge in [-0.05, 0) is 48.9 Å². The fourth-order valence-electron chi connectivity index (χ4n) is 2.72. The number of hydrogen-bond donors (Lipinski definition) is 2. The van der Waals surface area contributed by atoms with Crippen LogP contribution in [-0.4, -0.2) is 26.6 Å². The highest BCUT2D eigenvalue weighted by Crippen LogP contribution is 2.14. The normalized spacial score (nSPS) is 11.6. The lowest BCUT2D eigenvalue weighted by Crippen LogP contribution is -2.32. The number of thioether (sulfide) groups is 1. The first-order valence-electron chi connectivity index (χ1n) is 8.73. The average Bonchev–Trinajstić information content (AvgIpc) is 2.60. The summed E-state index contributed by atoms with van der Waals surface area (Å²) in [4.78, 5) is 12.5. The molecule has 0 spiro atoms. The molecule has 0 aliphatic carbocycles. The highest BCUT2D eigenvalue weighted by Gasteiger charge is 2.16. The van der Waals surface area contributed by atoms with Crippen molar-refractivity contribution in [3.63, 3.8) is 0 Å². The summed E-state index contributed by atoms with van der Waals surface area (Å²) in [5.41, 5.74) is 3.18. The van der Waals surface area contributed by atoms with Crippen LogP contribution >= 0.6 is 11.8 Å². The molecule has 0 aromatic heterocycles. The molecule has 0 saturated heterocycles. The third kappa shape index (κ3) is 7.01. The molecule has 2 aromatic rings. The van der Waals surface area contributed by atoms with E-state index < -0.39 is 10.0 Å². The Morgan fingerprint density at radius 1 is 1.07 bits per heavy atom. The topological polar surface area (TPSA) is 75.3 Å². The van der Waals surface area contributed by atoms with Crippen molar-refractivity contribution in [2.24, 2.45) is 0 Å². The van der Waals surface area contributed by atoms with Crippen molar-refractivity contribution in [2.45, 2.75) is 37.9 Å². The van der Waals surface area contributed by atoms with Gasteiger partial charge in [-0.3, -0.25) is 4.79 Å². The van der Waals surface area contributed by atoms with E-state index in [0.29, 0.717) is 11.1 Å². The van der Waals surface area contributed by atoms with Gasteiger partial charge in [0.2, 0.25) is 10.0 Å². The van der Waals surface area contributed by atoms with Crippen molar-refractivity contribution >= 4 is 27.7 Å². The Morgan fingerprint density at radius 3 is 2.44 bits per heavy atom. The Hall–Kier alpha value is -1.83. The largest absolute Gasteiger partial charge is 0.348 e. The van der Waals surface area contributed by atoms with Crippen molar-refractivity contribution in [2.75, 3.05) is 6.26 Å². The Labute approximate surface area is 166 Å². The maximum absolute atomic E-state index is 12.5. The molecule has 0 saturated carbocycles. The zero-order chi connectivity index (χ0) is 19.9. The third-order valence-corrected chi connectivity index (χ3v) is 5.96. The molecule has 0 aliphatic rings. The summed E-state index contributed by atoms with van der Waals surface area (Å²) < 4.78 is 27.0. The van der Waals surface area contributed by atoms with Crippen LogP contribution in [0.3, 0.4) is 0 Å². The molecular formula is C20H26N2O3S2. The number of benzene rings is 2. The molecule has 1 amide bonds. The lowest BCUT2D eigenvalue weighted by molar-refractivity contribution is 0.0951. The minimum atomic E-state index is -3.42. The van der Waals surface area contributed by atoms with E-state index in [0.717, 1.165) is 16.9 Å². The van der Waals surface area contributed by atoms with E-state index in [1.165, 1.54) is 0 Å². The number of amides is 1. The van der Waals surface area contributed by atoms with Gasteiger partial charge in [-0.15, -0.1) is 0 Å². The van der Waals surface area contributed by atoms with Crippen LogP contribution in [0.1, 0.15) is 40.9 Å². The van der Waals surface area contributed by atoms with Gasteiger partial charge in [0.25, 0.3) is 5.91 Å². The Balaban J connectivity index is 2.08. The average molecular weight is 407 g/mol. The van der Waals surface area contributed by atoms with Gasteiger partial charge in [0.1, 0.15) is 0 Å². The SMILES string of the molecule is CSCc1cccc(C(=O)NCc2ccccc2CS(=O)(=O)NC(C)C)c1. The molecule has 2 rings (SSSR count). The molecule has 5 nitrogen and oxygen atoms in total. The van der Waals surface area contributed by atoms with Gasteiger partial charge in [-0.2, -0.15) is 11.8 Å². The third-order valence-electron chi connectivity index (χ3n) is 3.82. The van der Waals surface area contributed by atoms with Crippen LogP contribution in [0.4, 0.5) is 0 Å². The quantitative estimate of drug-likeness (QED) is 0.670. The number of carbonyl (C=O) groups excluding carboxylic acids is 1. The summed E-state index contributed by atoms with van der Waals surface area (Å²) >= 11 is 1.70. The van der Waals surface area contributed by atoms with Gasteiger partial charge in [-0.1, -0.05) is 36.4 Å². The predicted molar refractivity (Wildman–Crippen MR) is 112 cm³/mol. The van der Waals surface area contributed by atoms with Crippen LogP contribution in [0.2, 0.25) is 0 Å². The second kappa shape index (κ2) is 9.92. The van der Waals surface area contributed by atoms with E-state index in [1.54, 1.807) is 43.8 Å². The van der Waals surface area contributed by atoms with E-state index in [-0.39, 0.29) is 24.2 Å². The first-order valence-corrected chi connectivity index (χ1v) is 11.8. The van der Waals surface area contributed by atoms with Gasteiger partial charge < -0.3 is 5.32 Å². The van der Waals surface area contributed by atoms with Crippen LogP contribution in [0.25, 0.3) is 0 Å². The molecule has 7 heteroatoms. The molecule has 2 aromatic carbocycles. The van der Waals surface area contributed by atoms with Crippen LogP contribution < -0.4 is 10.0 Å². The summed E-state index contributed by atoms with van der Waals surface area (Å²) in [7, 11) is -3.42. The first kappa shape index (κ1) is 21.5. The highest BCUT2D eigenvalue weighted by molar-refractivity contribution is 7.97. The Bertz CT molecular complexity index is 880. The van der Waals surface area contributed by atoms with Crippen molar-refractivity contribution in [1.82, 2.24) is 10.0 Å². The monoisotopic (exact) mass is 406 g/mol. The predicted octanol–water partition coefficient (Wildman–Crippen LogP) is 3.31. The van der Waals surface area contributed by atoms with E-state index >= 15 is 0 Å². The zero-order valence-electron chi connectivity index (χ0n) is 15.9. The minimum absolute atomic E-state index is 0.111. The van der Waals surface area contributed by atoms with Crippen LogP contribution in [0.15, 0.2) is 48.5 Å². The van der Waals surface area contributed by atoms with E-state index in [9.17, 15) is 13.2 Å². The molecule has 0 fully saturated rings. The summed E-state index contributed by atoms with van der Waals surface area (Å²) in [5.74, 6) is 0.571. The number of sulfonamides is 1. The van der Waals surface area contributed by atoms with Gasteiger partial charge in [-0.25, -0.2) is 13.1 Å². The molecule has 0 atom stereocenters. The lowest BCUT2D eigenvalue weighted by atomic mass is 10.1. The zero-order valence-corrected chi connectivity index (χ0v) is 17.5. The van der Waals surface area contributed by atoms with Crippen LogP contribution in [0.5, 0.6) is 0 Å². The van der Waals surface area contributed by atoms with Crippen LogP contribution in [-0.2, 0) is 28.1 Å². The standard InChI is InChI=1S/C20H26N2O3S2/c1-15(2)22-27(24,25)14-19-9-5-4-8-18(19)12-21-20(23)17-10-6-7-16(11-17)13-26-3/h4-11,15,22H,12-14H2,1-3H3,(H,21,23). The van der Waals surface area contributed by atoms with Gasteiger partial charge in [0.05, 0.1) is 5.75 Å². The highest BCUT2D eigenvalue weighted by atomic mass is 32.2. The van der Waals surface area contributed by atoms with Crippen molar-refractivity contribution in [1.29, 1.82) is 0 Å². The fourth-order valence-corrected chi connectivity index (χ4v) is 4.73. The maximum atomic E-state index is 12.5. The maximum Gasteiger partial charge on any atom is 0.251 e. The second-order valence-corrected chi connectivity index (χ2v) is 9.24. The summed E-state index contributed by atoms with van der Waals surface area (Å²) in [5, 5.41) is 2.89. The number of hydrogen-bond acceptors (Lipinski definition) is 4. The molecule has 0 aliphatic heterocycles. The fraction of sp³-hybridized carbons (Fsp3) is 0.350. The number of rotatable bonds is 9. The minimum Gasteiger partial charge on any atom is -0.348 e. The van der Waals surface area contributed by atoms with Crippen LogP contribution in [0, 0.1) is 0 Å². The lowest BCUT2D eigenvalue weighted by Gasteiger charge is -2.13.